The molecule has 4 aromatic rings. The monoisotopic (exact) mass is 678 g/mol. The average Bonchev–Trinajstić information content (AvgIpc) is 3.15. The number of carbonyl (C=O) groups is 2. The van der Waals surface area contributed by atoms with Crippen LogP contribution in [0.3, 0.4) is 0 Å². The summed E-state index contributed by atoms with van der Waals surface area (Å²) in [6.07, 6.45) is 0.918. The van der Waals surface area contributed by atoms with Crippen LogP contribution in [0.15, 0.2) is 97.1 Å². The molecule has 10 nitrogen and oxygen atoms in total. The Kier molecular flexibility index (Phi) is 12.3. The normalized spacial score (nSPS) is 19.5. The van der Waals surface area contributed by atoms with Gasteiger partial charge in [-0.25, -0.2) is 0 Å². The molecule has 4 aromatic carbocycles. The first-order valence-electron chi connectivity index (χ1n) is 17.3. The van der Waals surface area contributed by atoms with Gasteiger partial charge in [0.15, 0.2) is 6.29 Å². The molecule has 3 unspecified atom stereocenters. The van der Waals surface area contributed by atoms with Crippen molar-refractivity contribution in [1.29, 1.82) is 0 Å². The third-order valence-electron chi connectivity index (χ3n) is 9.13. The highest BCUT2D eigenvalue weighted by molar-refractivity contribution is 5.94. The highest BCUT2D eigenvalue weighted by Crippen LogP contribution is 2.39. The summed E-state index contributed by atoms with van der Waals surface area (Å²) in [6.45, 7) is 4.42. The van der Waals surface area contributed by atoms with Gasteiger partial charge >= 0.3 is 0 Å². The molecule has 0 saturated carbocycles. The predicted molar refractivity (Wildman–Crippen MR) is 193 cm³/mol. The van der Waals surface area contributed by atoms with E-state index in [2.05, 4.69) is 39.8 Å². The number of nitrogens with two attached hydrogens (primary N) is 1. The van der Waals surface area contributed by atoms with Gasteiger partial charge in [-0.3, -0.25) is 14.5 Å². The number of hydrogen-bond donors (Lipinski definition) is 4. The number of anilines is 2. The van der Waals surface area contributed by atoms with Crippen molar-refractivity contribution in [2.24, 2.45) is 0 Å². The van der Waals surface area contributed by atoms with Gasteiger partial charge in [0.25, 0.3) is 0 Å². The van der Waals surface area contributed by atoms with Gasteiger partial charge in [-0.1, -0.05) is 72.8 Å². The van der Waals surface area contributed by atoms with Crippen LogP contribution in [0, 0.1) is 0 Å². The Hall–Kier alpha value is -4.58. The molecule has 2 aliphatic rings. The van der Waals surface area contributed by atoms with E-state index in [9.17, 15) is 14.7 Å². The van der Waals surface area contributed by atoms with Crippen molar-refractivity contribution in [1.82, 2.24) is 10.2 Å². The van der Waals surface area contributed by atoms with Crippen molar-refractivity contribution in [3.8, 4) is 11.1 Å². The zero-order valence-electron chi connectivity index (χ0n) is 28.3. The highest BCUT2D eigenvalue weighted by Gasteiger charge is 2.33. The number of morpholine rings is 1. The second-order valence-electron chi connectivity index (χ2n) is 12.9. The number of aliphatic hydroxyl groups excluding tert-OH is 1. The van der Waals surface area contributed by atoms with E-state index < -0.39 is 6.29 Å². The molecule has 10 heteroatoms. The molecule has 0 radical (unpaired) electrons. The number of carbonyl (C=O) groups excluding carboxylic acids is 2. The van der Waals surface area contributed by atoms with Crippen molar-refractivity contribution in [2.45, 2.75) is 57.3 Å². The van der Waals surface area contributed by atoms with Crippen LogP contribution >= 0.6 is 0 Å². The maximum atomic E-state index is 12.6. The minimum Gasteiger partial charge on any atom is -0.397 e. The summed E-state index contributed by atoms with van der Waals surface area (Å²) in [7, 11) is 0. The summed E-state index contributed by atoms with van der Waals surface area (Å²) in [6, 6.07) is 31.4. The third-order valence-corrected chi connectivity index (χ3v) is 9.13. The van der Waals surface area contributed by atoms with E-state index in [-0.39, 0.29) is 43.5 Å². The van der Waals surface area contributed by atoms with Gasteiger partial charge in [-0.2, -0.15) is 0 Å². The number of aliphatic hydroxyl groups is 1. The Morgan fingerprint density at radius 2 is 1.54 bits per heavy atom. The van der Waals surface area contributed by atoms with E-state index in [1.807, 2.05) is 60.7 Å². The summed E-state index contributed by atoms with van der Waals surface area (Å²) in [5.41, 5.74) is 12.9. The molecule has 2 saturated heterocycles. The Morgan fingerprint density at radius 3 is 2.32 bits per heavy atom. The largest absolute Gasteiger partial charge is 0.397 e. The summed E-state index contributed by atoms with van der Waals surface area (Å²) in [4.78, 5) is 27.3. The van der Waals surface area contributed by atoms with E-state index in [1.165, 1.54) is 0 Å². The van der Waals surface area contributed by atoms with Crippen molar-refractivity contribution in [3.63, 3.8) is 0 Å². The fraction of sp³-hybridized carbons (Fsp3) is 0.350. The molecule has 0 aliphatic carbocycles. The molecule has 2 fully saturated rings. The van der Waals surface area contributed by atoms with E-state index in [0.717, 1.165) is 72.6 Å². The molecule has 2 aliphatic heterocycles. The number of nitrogen functional groups attached to an aromatic ring is 1. The zero-order chi connectivity index (χ0) is 34.7. The lowest BCUT2D eigenvalue weighted by atomic mass is 9.98. The number of hydrogen-bond acceptors (Lipinski definition) is 8. The molecule has 3 atom stereocenters. The van der Waals surface area contributed by atoms with Crippen LogP contribution in [0.5, 0.6) is 0 Å². The lowest BCUT2D eigenvalue weighted by molar-refractivity contribution is -0.253. The Labute approximate surface area is 293 Å². The van der Waals surface area contributed by atoms with Gasteiger partial charge in [0.05, 0.1) is 43.4 Å². The van der Waals surface area contributed by atoms with Crippen LogP contribution < -0.4 is 16.4 Å². The van der Waals surface area contributed by atoms with Gasteiger partial charge < -0.3 is 35.7 Å². The van der Waals surface area contributed by atoms with Gasteiger partial charge in [0.2, 0.25) is 11.8 Å². The Balaban J connectivity index is 1.07. The minimum atomic E-state index is -0.549. The molecule has 5 N–H and O–H groups in total. The molecule has 6 rings (SSSR count). The Morgan fingerprint density at radius 1 is 0.800 bits per heavy atom. The number of nitrogens with zero attached hydrogens (tertiary/aromatic N) is 1. The average molecular weight is 679 g/mol. The molecule has 2 heterocycles. The first kappa shape index (κ1) is 35.3. The van der Waals surface area contributed by atoms with Crippen LogP contribution in [0.4, 0.5) is 11.4 Å². The van der Waals surface area contributed by atoms with Gasteiger partial charge in [-0.05, 0) is 58.5 Å². The fourth-order valence-corrected chi connectivity index (χ4v) is 6.35. The number of nitrogens with one attached hydrogen (secondary N) is 2. The molecule has 262 valence electrons. The van der Waals surface area contributed by atoms with Crippen molar-refractivity contribution >= 4 is 23.2 Å². The van der Waals surface area contributed by atoms with Crippen LogP contribution in [0.2, 0.25) is 0 Å². The highest BCUT2D eigenvalue weighted by atomic mass is 16.7. The summed E-state index contributed by atoms with van der Waals surface area (Å²) in [5, 5.41) is 15.3. The smallest absolute Gasteiger partial charge is 0.224 e. The number of rotatable bonds is 13. The van der Waals surface area contributed by atoms with Crippen LogP contribution in [-0.2, 0) is 37.0 Å². The lowest BCUT2D eigenvalue weighted by Crippen LogP contribution is -2.44. The lowest BCUT2D eigenvalue weighted by Gasteiger charge is -2.39. The SMILES string of the molecule is Nc1ccccc1NC(=O)CCCC(=O)NCc1cccc(-c2cccc(C3OC(CN4CCOCC4)CC(c4ccc(CO)cc4)O3)c2)c1. The number of ether oxygens (including phenoxy) is 3. The topological polar surface area (TPSA) is 135 Å². The minimum absolute atomic E-state index is 0.00374. The van der Waals surface area contributed by atoms with Gasteiger partial charge in [0.1, 0.15) is 0 Å². The second kappa shape index (κ2) is 17.4. The van der Waals surface area contributed by atoms with Crippen molar-refractivity contribution < 1.29 is 28.9 Å². The number of para-hydroxylation sites is 2. The van der Waals surface area contributed by atoms with Crippen LogP contribution in [-0.4, -0.2) is 60.8 Å². The van der Waals surface area contributed by atoms with Gasteiger partial charge in [-0.15, -0.1) is 0 Å². The molecule has 0 spiro atoms. The maximum Gasteiger partial charge on any atom is 0.224 e. The fourth-order valence-electron chi connectivity index (χ4n) is 6.35. The van der Waals surface area contributed by atoms with Crippen molar-refractivity contribution in [2.75, 3.05) is 43.9 Å². The van der Waals surface area contributed by atoms with Gasteiger partial charge in [0, 0.05) is 51.0 Å². The first-order valence-corrected chi connectivity index (χ1v) is 17.3. The second-order valence-corrected chi connectivity index (χ2v) is 12.9. The summed E-state index contributed by atoms with van der Waals surface area (Å²) >= 11 is 0. The van der Waals surface area contributed by atoms with E-state index in [1.54, 1.807) is 12.1 Å². The van der Waals surface area contributed by atoms with Crippen LogP contribution in [0.25, 0.3) is 11.1 Å². The molecule has 50 heavy (non-hydrogen) atoms. The predicted octanol–water partition coefficient (Wildman–Crippen LogP) is 5.73. The van der Waals surface area contributed by atoms with Crippen LogP contribution in [0.1, 0.15) is 60.3 Å². The standard InChI is InChI=1S/C40H46N4O6/c41-35-10-1-2-11-36(35)43-39(47)13-5-12-38(46)42-25-29-6-3-7-31(22-29)32-8-4-9-33(23-32)40-49-34(26-44-18-20-48-21-19-44)24-37(50-40)30-16-14-28(27-45)15-17-30/h1-4,6-11,14-17,22-23,34,37,40,45H,5,12-13,18-21,24-27,41H2,(H,42,46)(H,43,47). The first-order chi connectivity index (χ1) is 24.4. The summed E-state index contributed by atoms with van der Waals surface area (Å²) < 4.78 is 18.8. The van der Waals surface area contributed by atoms with E-state index in [4.69, 9.17) is 19.9 Å². The molecular weight excluding hydrogens is 632 g/mol. The Bertz CT molecular complexity index is 1730. The number of benzene rings is 4. The van der Waals surface area contributed by atoms with Crippen molar-refractivity contribution in [3.05, 3.63) is 119 Å². The maximum absolute atomic E-state index is 12.6. The van der Waals surface area contributed by atoms with E-state index in [0.29, 0.717) is 24.3 Å². The molecular formula is C40H46N4O6. The molecule has 2 amide bonds. The zero-order valence-corrected chi connectivity index (χ0v) is 28.3. The molecule has 0 aromatic heterocycles. The quantitative estimate of drug-likeness (QED) is 0.132. The van der Waals surface area contributed by atoms with E-state index >= 15 is 0 Å². The number of amides is 2. The molecule has 0 bridgehead atoms. The summed E-state index contributed by atoms with van der Waals surface area (Å²) in [5.74, 6) is -0.280. The third kappa shape index (κ3) is 9.77.